The standard InChI is InChI=1S/C10H14OS/c1-3-12-10(11-2)9-7-5-4-6-8-9/h4-8,10H,3H2,1-2H3. The van der Waals surface area contributed by atoms with Crippen LogP contribution in [0.25, 0.3) is 0 Å². The Morgan fingerprint density at radius 1 is 1.33 bits per heavy atom. The van der Waals surface area contributed by atoms with E-state index >= 15 is 0 Å². The maximum Gasteiger partial charge on any atom is 0.128 e. The molecule has 1 atom stereocenters. The number of hydrogen-bond donors (Lipinski definition) is 0. The maximum absolute atomic E-state index is 5.34. The average molecular weight is 182 g/mol. The number of hydrogen-bond acceptors (Lipinski definition) is 2. The Balaban J connectivity index is 2.66. The molecule has 2 heteroatoms. The second-order valence-electron chi connectivity index (χ2n) is 2.43. The number of thioether (sulfide) groups is 1. The molecule has 0 saturated heterocycles. The molecule has 66 valence electrons. The van der Waals surface area contributed by atoms with E-state index < -0.39 is 0 Å². The van der Waals surface area contributed by atoms with Crippen molar-refractivity contribution in [2.45, 2.75) is 12.4 Å². The minimum atomic E-state index is 0.191. The lowest BCUT2D eigenvalue weighted by atomic mass is 10.2. The van der Waals surface area contributed by atoms with Gasteiger partial charge in [0.2, 0.25) is 0 Å². The summed E-state index contributed by atoms with van der Waals surface area (Å²) in [5.41, 5.74) is 1.43. The average Bonchev–Trinajstić information content (AvgIpc) is 2.15. The monoisotopic (exact) mass is 182 g/mol. The van der Waals surface area contributed by atoms with Gasteiger partial charge in [-0.05, 0) is 11.3 Å². The van der Waals surface area contributed by atoms with E-state index in [4.69, 9.17) is 4.74 Å². The summed E-state index contributed by atoms with van der Waals surface area (Å²) in [6, 6.07) is 10.3. The minimum absolute atomic E-state index is 0.191. The van der Waals surface area contributed by atoms with Gasteiger partial charge in [0.1, 0.15) is 5.44 Å². The minimum Gasteiger partial charge on any atom is -0.366 e. The van der Waals surface area contributed by atoms with Crippen molar-refractivity contribution in [3.05, 3.63) is 35.9 Å². The van der Waals surface area contributed by atoms with E-state index in [-0.39, 0.29) is 5.44 Å². The first kappa shape index (κ1) is 9.62. The summed E-state index contributed by atoms with van der Waals surface area (Å²) in [6.45, 7) is 2.14. The highest BCUT2D eigenvalue weighted by molar-refractivity contribution is 7.99. The fourth-order valence-corrected chi connectivity index (χ4v) is 1.85. The van der Waals surface area contributed by atoms with E-state index in [0.717, 1.165) is 5.75 Å². The van der Waals surface area contributed by atoms with Crippen molar-refractivity contribution in [1.82, 2.24) is 0 Å². The third-order valence-electron chi connectivity index (χ3n) is 1.60. The van der Waals surface area contributed by atoms with Gasteiger partial charge in [-0.2, -0.15) is 0 Å². The van der Waals surface area contributed by atoms with Crippen LogP contribution in [-0.2, 0) is 4.74 Å². The molecule has 1 aromatic carbocycles. The fraction of sp³-hybridized carbons (Fsp3) is 0.400. The van der Waals surface area contributed by atoms with Gasteiger partial charge in [-0.1, -0.05) is 37.3 Å². The second kappa shape index (κ2) is 5.22. The first-order valence-corrected chi connectivity index (χ1v) is 5.12. The molecule has 0 aliphatic rings. The molecule has 1 aromatic rings. The topological polar surface area (TPSA) is 9.23 Å². The molecular formula is C10H14OS. The Morgan fingerprint density at radius 3 is 2.50 bits per heavy atom. The Labute approximate surface area is 78.1 Å². The van der Waals surface area contributed by atoms with Crippen LogP contribution in [0.4, 0.5) is 0 Å². The molecule has 0 radical (unpaired) electrons. The third kappa shape index (κ3) is 2.54. The van der Waals surface area contributed by atoms with Gasteiger partial charge in [0, 0.05) is 7.11 Å². The molecule has 0 aliphatic heterocycles. The molecule has 1 nitrogen and oxygen atoms in total. The normalized spacial score (nSPS) is 12.8. The van der Waals surface area contributed by atoms with Crippen LogP contribution >= 0.6 is 11.8 Å². The molecule has 1 unspecified atom stereocenters. The summed E-state index contributed by atoms with van der Waals surface area (Å²) in [7, 11) is 1.75. The Hall–Kier alpha value is -0.470. The Morgan fingerprint density at radius 2 is 2.00 bits per heavy atom. The van der Waals surface area contributed by atoms with Crippen molar-refractivity contribution in [3.63, 3.8) is 0 Å². The summed E-state index contributed by atoms with van der Waals surface area (Å²) in [5.74, 6) is 1.08. The van der Waals surface area contributed by atoms with Crippen molar-refractivity contribution in [3.8, 4) is 0 Å². The molecule has 12 heavy (non-hydrogen) atoms. The van der Waals surface area contributed by atoms with E-state index in [2.05, 4.69) is 19.1 Å². The summed E-state index contributed by atoms with van der Waals surface area (Å²) in [6.07, 6.45) is 0. The predicted octanol–water partition coefficient (Wildman–Crippen LogP) is 3.08. The van der Waals surface area contributed by atoms with Gasteiger partial charge in [-0.25, -0.2) is 0 Å². The molecule has 1 rings (SSSR count). The third-order valence-corrected chi connectivity index (χ3v) is 2.70. The van der Waals surface area contributed by atoms with Crippen molar-refractivity contribution >= 4 is 11.8 Å². The molecular weight excluding hydrogens is 168 g/mol. The molecule has 0 amide bonds. The lowest BCUT2D eigenvalue weighted by Gasteiger charge is -2.13. The van der Waals surface area contributed by atoms with Gasteiger partial charge in [0.05, 0.1) is 0 Å². The molecule has 0 saturated carbocycles. The second-order valence-corrected chi connectivity index (χ2v) is 3.77. The highest BCUT2D eigenvalue weighted by atomic mass is 32.2. The zero-order valence-corrected chi connectivity index (χ0v) is 8.30. The number of ether oxygens (including phenoxy) is 1. The van der Waals surface area contributed by atoms with Crippen LogP contribution in [0.1, 0.15) is 17.9 Å². The van der Waals surface area contributed by atoms with Crippen LogP contribution in [0.15, 0.2) is 30.3 Å². The molecule has 0 spiro atoms. The van der Waals surface area contributed by atoms with Crippen LogP contribution < -0.4 is 0 Å². The molecule has 0 heterocycles. The van der Waals surface area contributed by atoms with Crippen LogP contribution in [0.5, 0.6) is 0 Å². The lowest BCUT2D eigenvalue weighted by Crippen LogP contribution is -1.96. The van der Waals surface area contributed by atoms with E-state index in [0.29, 0.717) is 0 Å². The smallest absolute Gasteiger partial charge is 0.128 e. The van der Waals surface area contributed by atoms with Crippen molar-refractivity contribution in [2.24, 2.45) is 0 Å². The van der Waals surface area contributed by atoms with Gasteiger partial charge >= 0.3 is 0 Å². The Bertz CT molecular complexity index is 210. The molecule has 0 aromatic heterocycles. The van der Waals surface area contributed by atoms with Crippen molar-refractivity contribution in [2.75, 3.05) is 12.9 Å². The van der Waals surface area contributed by atoms with Gasteiger partial charge in [0.25, 0.3) is 0 Å². The number of methoxy groups -OCH3 is 1. The van der Waals surface area contributed by atoms with Gasteiger partial charge in [0.15, 0.2) is 0 Å². The highest BCUT2D eigenvalue weighted by Gasteiger charge is 2.07. The molecule has 0 fully saturated rings. The van der Waals surface area contributed by atoms with Gasteiger partial charge in [-0.3, -0.25) is 0 Å². The largest absolute Gasteiger partial charge is 0.366 e. The number of rotatable bonds is 4. The van der Waals surface area contributed by atoms with Gasteiger partial charge < -0.3 is 4.74 Å². The maximum atomic E-state index is 5.34. The quantitative estimate of drug-likeness (QED) is 0.662. The molecule has 0 bridgehead atoms. The van der Waals surface area contributed by atoms with Crippen molar-refractivity contribution < 1.29 is 4.74 Å². The summed E-state index contributed by atoms with van der Waals surface area (Å²) in [5, 5.41) is 0. The number of benzene rings is 1. The van der Waals surface area contributed by atoms with E-state index in [9.17, 15) is 0 Å². The Kier molecular flexibility index (Phi) is 4.19. The summed E-state index contributed by atoms with van der Waals surface area (Å²) in [4.78, 5) is 0. The first-order chi connectivity index (χ1) is 5.88. The van der Waals surface area contributed by atoms with Crippen LogP contribution in [0.3, 0.4) is 0 Å². The molecule has 0 aliphatic carbocycles. The fourth-order valence-electron chi connectivity index (χ4n) is 1.06. The summed E-state index contributed by atoms with van der Waals surface area (Å²) >= 11 is 1.81. The zero-order chi connectivity index (χ0) is 8.81. The van der Waals surface area contributed by atoms with Crippen LogP contribution in [0, 0.1) is 0 Å². The van der Waals surface area contributed by atoms with Crippen LogP contribution in [0.2, 0.25) is 0 Å². The first-order valence-electron chi connectivity index (χ1n) is 4.07. The van der Waals surface area contributed by atoms with Crippen LogP contribution in [-0.4, -0.2) is 12.9 Å². The highest BCUT2D eigenvalue weighted by Crippen LogP contribution is 2.28. The predicted molar refractivity (Wildman–Crippen MR) is 54.3 cm³/mol. The van der Waals surface area contributed by atoms with E-state index in [1.165, 1.54) is 5.56 Å². The zero-order valence-electron chi connectivity index (χ0n) is 7.49. The SMILES string of the molecule is CCSC(OC)c1ccccc1. The van der Waals surface area contributed by atoms with Crippen molar-refractivity contribution in [1.29, 1.82) is 0 Å². The molecule has 0 N–H and O–H groups in total. The van der Waals surface area contributed by atoms with E-state index in [1.54, 1.807) is 7.11 Å². The van der Waals surface area contributed by atoms with Gasteiger partial charge in [-0.15, -0.1) is 11.8 Å². The lowest BCUT2D eigenvalue weighted by molar-refractivity contribution is 0.176. The summed E-state index contributed by atoms with van der Waals surface area (Å²) < 4.78 is 5.34. The van der Waals surface area contributed by atoms with E-state index in [1.807, 2.05) is 30.0 Å².